The van der Waals surface area contributed by atoms with Crippen LogP contribution < -0.4 is 5.73 Å². The molecule has 16 heavy (non-hydrogen) atoms. The summed E-state index contributed by atoms with van der Waals surface area (Å²) in [6.45, 7) is 3.86. The molecule has 2 N–H and O–H groups in total. The van der Waals surface area contributed by atoms with Crippen molar-refractivity contribution in [1.29, 1.82) is 5.26 Å². The van der Waals surface area contributed by atoms with Crippen LogP contribution in [0.5, 0.6) is 0 Å². The Bertz CT molecular complexity index is 381. The van der Waals surface area contributed by atoms with Gasteiger partial charge in [0.2, 0.25) is 0 Å². The highest BCUT2D eigenvalue weighted by Gasteiger charge is 2.21. The van der Waals surface area contributed by atoms with Crippen LogP contribution in [0.4, 0.5) is 0 Å². The van der Waals surface area contributed by atoms with Gasteiger partial charge >= 0.3 is 0 Å². The number of rotatable bonds is 4. The molecule has 0 radical (unpaired) electrons. The largest absolute Gasteiger partial charge is 0.314 e. The first-order valence-corrected chi connectivity index (χ1v) is 6.72. The van der Waals surface area contributed by atoms with Crippen LogP contribution in [0.25, 0.3) is 0 Å². The van der Waals surface area contributed by atoms with Crippen LogP contribution in [0.15, 0.2) is 33.6 Å². The maximum absolute atomic E-state index is 8.85. The number of nitriles is 1. The smallest absolute Gasteiger partial charge is 0.102 e. The average Bonchev–Trinajstić information content (AvgIpc) is 2.21. The van der Waals surface area contributed by atoms with Gasteiger partial charge in [0.25, 0.3) is 0 Å². The predicted octanol–water partition coefficient (Wildman–Crippen LogP) is 3.56. The van der Waals surface area contributed by atoms with Gasteiger partial charge in [0.15, 0.2) is 0 Å². The second-order valence-electron chi connectivity index (χ2n) is 4.12. The van der Waals surface area contributed by atoms with Crippen molar-refractivity contribution < 1.29 is 0 Å². The molecule has 2 atom stereocenters. The van der Waals surface area contributed by atoms with Crippen molar-refractivity contribution in [2.45, 2.75) is 36.0 Å². The summed E-state index contributed by atoms with van der Waals surface area (Å²) in [7, 11) is 0. The van der Waals surface area contributed by atoms with Gasteiger partial charge in [-0.1, -0.05) is 22.9 Å². The molecule has 0 spiro atoms. The molecule has 1 rings (SSSR count). The van der Waals surface area contributed by atoms with Crippen LogP contribution in [0.2, 0.25) is 0 Å². The fourth-order valence-corrected chi connectivity index (χ4v) is 2.88. The molecule has 0 aliphatic heterocycles. The summed E-state index contributed by atoms with van der Waals surface area (Å²) >= 11 is 5.14. The van der Waals surface area contributed by atoms with Crippen molar-refractivity contribution >= 4 is 27.7 Å². The van der Waals surface area contributed by atoms with E-state index >= 15 is 0 Å². The fourth-order valence-electron chi connectivity index (χ4n) is 1.43. The number of hydrogen-bond acceptors (Lipinski definition) is 3. The van der Waals surface area contributed by atoms with E-state index in [2.05, 4.69) is 41.1 Å². The van der Waals surface area contributed by atoms with Gasteiger partial charge < -0.3 is 5.73 Å². The lowest BCUT2D eigenvalue weighted by molar-refractivity contribution is 0.545. The van der Waals surface area contributed by atoms with E-state index in [4.69, 9.17) is 11.0 Å². The topological polar surface area (TPSA) is 49.8 Å². The molecule has 0 aromatic heterocycles. The van der Waals surface area contributed by atoms with Crippen molar-refractivity contribution in [3.63, 3.8) is 0 Å². The van der Waals surface area contributed by atoms with Crippen LogP contribution >= 0.6 is 27.7 Å². The second kappa shape index (κ2) is 5.72. The molecule has 0 fully saturated rings. The summed E-state index contributed by atoms with van der Waals surface area (Å²) in [5.74, 6) is 0. The summed E-state index contributed by atoms with van der Waals surface area (Å²) in [6, 6.07) is 10.3. The molecule has 0 bridgehead atoms. The third-order valence-corrected chi connectivity index (χ3v) is 3.76. The van der Waals surface area contributed by atoms with Gasteiger partial charge in [0, 0.05) is 14.6 Å². The Kier molecular flexibility index (Phi) is 4.85. The monoisotopic (exact) mass is 298 g/mol. The maximum Gasteiger partial charge on any atom is 0.102 e. The first kappa shape index (κ1) is 13.6. The Labute approximate surface area is 109 Å². The number of hydrogen-bond donors (Lipinski definition) is 1. The molecule has 0 amide bonds. The standard InChI is InChI=1S/C12H15BrN2S/c1-9(7-12(2,15)8-14)16-11-5-3-10(13)4-6-11/h3-6,9H,7,15H2,1-2H3. The van der Waals surface area contributed by atoms with Crippen molar-refractivity contribution in [2.24, 2.45) is 5.73 Å². The molecule has 2 unspecified atom stereocenters. The van der Waals surface area contributed by atoms with Crippen LogP contribution in [0, 0.1) is 11.3 Å². The first-order valence-electron chi connectivity index (χ1n) is 5.05. The Balaban J connectivity index is 2.55. The summed E-state index contributed by atoms with van der Waals surface area (Å²) in [5, 5.41) is 9.18. The van der Waals surface area contributed by atoms with Gasteiger partial charge in [-0.15, -0.1) is 11.8 Å². The minimum Gasteiger partial charge on any atom is -0.314 e. The number of halogens is 1. The van der Waals surface area contributed by atoms with Gasteiger partial charge in [0.1, 0.15) is 5.54 Å². The zero-order chi connectivity index (χ0) is 12.2. The number of nitrogens with zero attached hydrogens (tertiary/aromatic N) is 1. The Morgan fingerprint density at radius 1 is 1.50 bits per heavy atom. The molecule has 1 aromatic rings. The number of nitrogens with two attached hydrogens (primary N) is 1. The van der Waals surface area contributed by atoms with Gasteiger partial charge in [-0.05, 0) is 37.6 Å². The molecule has 0 aliphatic carbocycles. The van der Waals surface area contributed by atoms with Crippen molar-refractivity contribution in [2.75, 3.05) is 0 Å². The molecular weight excluding hydrogens is 284 g/mol. The highest BCUT2D eigenvalue weighted by atomic mass is 79.9. The summed E-state index contributed by atoms with van der Waals surface area (Å²) in [5.41, 5.74) is 5.08. The highest BCUT2D eigenvalue weighted by Crippen LogP contribution is 2.28. The van der Waals surface area contributed by atoms with Gasteiger partial charge in [-0.2, -0.15) is 5.26 Å². The quantitative estimate of drug-likeness (QED) is 0.865. The third kappa shape index (κ3) is 4.56. The zero-order valence-corrected chi connectivity index (χ0v) is 11.8. The van der Waals surface area contributed by atoms with E-state index in [9.17, 15) is 0 Å². The highest BCUT2D eigenvalue weighted by molar-refractivity contribution is 9.10. The molecule has 0 saturated carbocycles. The third-order valence-electron chi connectivity index (χ3n) is 2.12. The van der Waals surface area contributed by atoms with Gasteiger partial charge in [-0.3, -0.25) is 0 Å². The first-order chi connectivity index (χ1) is 7.43. The Hall–Kier alpha value is -0.500. The minimum atomic E-state index is -0.734. The molecule has 0 heterocycles. The molecule has 2 nitrogen and oxygen atoms in total. The Morgan fingerprint density at radius 2 is 2.06 bits per heavy atom. The lowest BCUT2D eigenvalue weighted by Crippen LogP contribution is -2.36. The van der Waals surface area contributed by atoms with Crippen molar-refractivity contribution in [3.8, 4) is 6.07 Å². The number of thioether (sulfide) groups is 1. The summed E-state index contributed by atoms with van der Waals surface area (Å²) < 4.78 is 1.07. The zero-order valence-electron chi connectivity index (χ0n) is 9.40. The molecule has 4 heteroatoms. The Morgan fingerprint density at radius 3 is 2.56 bits per heavy atom. The predicted molar refractivity (Wildman–Crippen MR) is 72.3 cm³/mol. The summed E-state index contributed by atoms with van der Waals surface area (Å²) in [4.78, 5) is 1.20. The van der Waals surface area contributed by atoms with Crippen molar-refractivity contribution in [3.05, 3.63) is 28.7 Å². The molecule has 1 aromatic carbocycles. The number of benzene rings is 1. The molecular formula is C12H15BrN2S. The lowest BCUT2D eigenvalue weighted by Gasteiger charge is -2.20. The van der Waals surface area contributed by atoms with E-state index in [1.807, 2.05) is 12.1 Å². The normalized spacial score (nSPS) is 16.2. The average molecular weight is 299 g/mol. The molecule has 0 saturated heterocycles. The molecule has 0 aliphatic rings. The van der Waals surface area contributed by atoms with E-state index in [1.165, 1.54) is 4.90 Å². The lowest BCUT2D eigenvalue weighted by atomic mass is 10.00. The van der Waals surface area contributed by atoms with E-state index in [-0.39, 0.29) is 0 Å². The van der Waals surface area contributed by atoms with Crippen LogP contribution in [-0.4, -0.2) is 10.8 Å². The van der Waals surface area contributed by atoms with E-state index in [0.717, 1.165) is 4.47 Å². The second-order valence-corrected chi connectivity index (χ2v) is 6.54. The van der Waals surface area contributed by atoms with E-state index < -0.39 is 5.54 Å². The van der Waals surface area contributed by atoms with Crippen LogP contribution in [0.1, 0.15) is 20.3 Å². The summed E-state index contributed by atoms with van der Waals surface area (Å²) in [6.07, 6.45) is 0.685. The van der Waals surface area contributed by atoms with Crippen molar-refractivity contribution in [1.82, 2.24) is 0 Å². The SMILES string of the molecule is CC(CC(C)(N)C#N)Sc1ccc(Br)cc1. The fraction of sp³-hybridized carbons (Fsp3) is 0.417. The maximum atomic E-state index is 8.85. The minimum absolute atomic E-state index is 0.329. The molecule has 86 valence electrons. The van der Waals surface area contributed by atoms with E-state index in [1.54, 1.807) is 18.7 Å². The van der Waals surface area contributed by atoms with Gasteiger partial charge in [0.05, 0.1) is 6.07 Å². The van der Waals surface area contributed by atoms with Crippen LogP contribution in [0.3, 0.4) is 0 Å². The van der Waals surface area contributed by atoms with E-state index in [0.29, 0.717) is 11.7 Å². The van der Waals surface area contributed by atoms with Gasteiger partial charge in [-0.25, -0.2) is 0 Å². The van der Waals surface area contributed by atoms with Crippen LogP contribution in [-0.2, 0) is 0 Å².